The molecule has 2 aromatic carbocycles. The summed E-state index contributed by atoms with van der Waals surface area (Å²) < 4.78 is 13.4. The lowest BCUT2D eigenvalue weighted by Gasteiger charge is -1.97. The third kappa shape index (κ3) is 3.82. The van der Waals surface area contributed by atoms with Gasteiger partial charge in [-0.05, 0) is 23.8 Å². The van der Waals surface area contributed by atoms with Gasteiger partial charge in [0.25, 0.3) is 0 Å². The van der Waals surface area contributed by atoms with E-state index in [1.165, 1.54) is 29.7 Å². The molecule has 112 valence electrons. The molecule has 0 saturated carbocycles. The zero-order valence-corrected chi connectivity index (χ0v) is 12.8. The van der Waals surface area contributed by atoms with Crippen molar-refractivity contribution in [3.05, 3.63) is 70.9 Å². The summed E-state index contributed by atoms with van der Waals surface area (Å²) in [5.74, 6) is 2.02. The van der Waals surface area contributed by atoms with Gasteiger partial charge in [0.05, 0.1) is 11.9 Å². The van der Waals surface area contributed by atoms with Gasteiger partial charge in [-0.2, -0.15) is 5.10 Å². The van der Waals surface area contributed by atoms with E-state index in [2.05, 4.69) is 21.4 Å². The van der Waals surface area contributed by atoms with Crippen molar-refractivity contribution >= 4 is 22.7 Å². The van der Waals surface area contributed by atoms with Crippen LogP contribution in [-0.2, 0) is 0 Å². The van der Waals surface area contributed by atoms with Crippen molar-refractivity contribution in [3.63, 3.8) is 0 Å². The van der Waals surface area contributed by atoms with E-state index in [9.17, 15) is 4.39 Å². The molecule has 0 spiro atoms. The van der Waals surface area contributed by atoms with Crippen molar-refractivity contribution < 1.29 is 4.39 Å². The van der Waals surface area contributed by atoms with Crippen LogP contribution in [0.15, 0.2) is 59.0 Å². The summed E-state index contributed by atoms with van der Waals surface area (Å²) in [4.78, 5) is 4.45. The summed E-state index contributed by atoms with van der Waals surface area (Å²) in [7, 11) is 0. The Hall–Kier alpha value is -2.97. The van der Waals surface area contributed by atoms with Crippen LogP contribution in [0.5, 0.6) is 0 Å². The van der Waals surface area contributed by atoms with Gasteiger partial charge >= 0.3 is 0 Å². The fourth-order valence-electron chi connectivity index (χ4n) is 2.00. The molecule has 0 amide bonds. The number of halogens is 1. The summed E-state index contributed by atoms with van der Waals surface area (Å²) in [6.07, 6.45) is 6.79. The molecule has 1 heterocycles. The molecule has 0 atom stereocenters. The summed E-state index contributed by atoms with van der Waals surface area (Å²) in [5.41, 5.74) is 5.84. The van der Waals surface area contributed by atoms with Crippen LogP contribution in [0.2, 0.25) is 0 Å². The summed E-state index contributed by atoms with van der Waals surface area (Å²) >= 11 is 1.45. The lowest BCUT2D eigenvalue weighted by atomic mass is 10.1. The number of nitrogens with one attached hydrogen (secondary N) is 1. The molecule has 0 saturated heterocycles. The third-order valence-corrected chi connectivity index (χ3v) is 3.78. The molecule has 5 heteroatoms. The number of anilines is 1. The minimum atomic E-state index is -0.387. The Morgan fingerprint density at radius 2 is 2.04 bits per heavy atom. The molecule has 3 nitrogen and oxygen atoms in total. The first kappa shape index (κ1) is 14.9. The van der Waals surface area contributed by atoms with Gasteiger partial charge in [-0.3, -0.25) is 5.43 Å². The fourth-order valence-corrected chi connectivity index (χ4v) is 2.67. The van der Waals surface area contributed by atoms with Gasteiger partial charge in [-0.25, -0.2) is 9.37 Å². The van der Waals surface area contributed by atoms with Gasteiger partial charge < -0.3 is 0 Å². The molecular weight excluding hydrogens is 309 g/mol. The largest absolute Gasteiger partial charge is 0.253 e. The van der Waals surface area contributed by atoms with E-state index in [1.54, 1.807) is 6.07 Å². The lowest BCUT2D eigenvalue weighted by Crippen LogP contribution is -1.92. The highest BCUT2D eigenvalue weighted by atomic mass is 32.1. The van der Waals surface area contributed by atoms with Crippen molar-refractivity contribution in [3.8, 4) is 23.6 Å². The number of nitrogens with zero attached hydrogens (tertiary/aromatic N) is 2. The Morgan fingerprint density at radius 1 is 1.22 bits per heavy atom. The molecule has 0 fully saturated rings. The minimum Gasteiger partial charge on any atom is -0.253 e. The first-order valence-corrected chi connectivity index (χ1v) is 7.70. The third-order valence-electron chi connectivity index (χ3n) is 3.03. The van der Waals surface area contributed by atoms with Crippen molar-refractivity contribution in [2.75, 3.05) is 5.43 Å². The molecule has 0 radical (unpaired) electrons. The number of rotatable bonds is 4. The maximum Gasteiger partial charge on any atom is 0.203 e. The van der Waals surface area contributed by atoms with Crippen LogP contribution in [0, 0.1) is 18.2 Å². The SMILES string of the molecule is C#Cc1cc(F)cc(C=NNc2nc(-c3ccccc3)cs2)c1. The van der Waals surface area contributed by atoms with Crippen molar-refractivity contribution in [2.45, 2.75) is 0 Å². The van der Waals surface area contributed by atoms with Gasteiger partial charge in [-0.15, -0.1) is 17.8 Å². The van der Waals surface area contributed by atoms with E-state index in [0.29, 0.717) is 16.3 Å². The van der Waals surface area contributed by atoms with E-state index >= 15 is 0 Å². The highest BCUT2D eigenvalue weighted by molar-refractivity contribution is 7.14. The van der Waals surface area contributed by atoms with Crippen molar-refractivity contribution in [1.29, 1.82) is 0 Å². The van der Waals surface area contributed by atoms with Gasteiger partial charge in [0.1, 0.15) is 5.82 Å². The van der Waals surface area contributed by atoms with E-state index in [1.807, 2.05) is 35.7 Å². The smallest absolute Gasteiger partial charge is 0.203 e. The molecule has 1 aromatic heterocycles. The fraction of sp³-hybridized carbons (Fsp3) is 0. The number of hydrogen-bond donors (Lipinski definition) is 1. The zero-order valence-electron chi connectivity index (χ0n) is 12.0. The maximum absolute atomic E-state index is 13.4. The van der Waals surface area contributed by atoms with Crippen LogP contribution < -0.4 is 5.43 Å². The zero-order chi connectivity index (χ0) is 16.1. The average molecular weight is 321 g/mol. The molecule has 3 rings (SSSR count). The minimum absolute atomic E-state index is 0.387. The molecule has 3 aromatic rings. The highest BCUT2D eigenvalue weighted by Gasteiger charge is 2.03. The van der Waals surface area contributed by atoms with Crippen LogP contribution >= 0.6 is 11.3 Å². The second kappa shape index (κ2) is 6.86. The molecule has 0 unspecified atom stereocenters. The molecule has 0 aliphatic rings. The van der Waals surface area contributed by atoms with Gasteiger partial charge in [0.15, 0.2) is 0 Å². The van der Waals surface area contributed by atoms with Crippen LogP contribution in [-0.4, -0.2) is 11.2 Å². The number of hydrogen-bond acceptors (Lipinski definition) is 4. The predicted octanol–water partition coefficient (Wildman–Crippen LogP) is 4.38. The number of terminal acetylenes is 1. The molecule has 1 N–H and O–H groups in total. The normalized spacial score (nSPS) is 10.6. The molecular formula is C18H12FN3S. The Morgan fingerprint density at radius 3 is 2.83 bits per heavy atom. The van der Waals surface area contributed by atoms with Gasteiger partial charge in [0.2, 0.25) is 5.13 Å². The van der Waals surface area contributed by atoms with Gasteiger partial charge in [-0.1, -0.05) is 36.3 Å². The Kier molecular flexibility index (Phi) is 4.46. The lowest BCUT2D eigenvalue weighted by molar-refractivity contribution is 0.627. The molecule has 0 aliphatic carbocycles. The van der Waals surface area contributed by atoms with Crippen LogP contribution in [0.3, 0.4) is 0 Å². The second-order valence-electron chi connectivity index (χ2n) is 4.69. The molecule has 0 bridgehead atoms. The standard InChI is InChI=1S/C18H12FN3S/c1-2-13-8-14(10-16(19)9-13)11-20-22-18-21-17(12-23-18)15-6-4-3-5-7-15/h1,3-12H,(H,21,22). The summed E-state index contributed by atoms with van der Waals surface area (Å²) in [6, 6.07) is 14.2. The molecule has 0 aliphatic heterocycles. The van der Waals surface area contributed by atoms with E-state index < -0.39 is 0 Å². The predicted molar refractivity (Wildman–Crippen MR) is 93.1 cm³/mol. The monoisotopic (exact) mass is 321 g/mol. The maximum atomic E-state index is 13.4. The van der Waals surface area contributed by atoms with Crippen LogP contribution in [0.1, 0.15) is 11.1 Å². The van der Waals surface area contributed by atoms with E-state index in [-0.39, 0.29) is 5.82 Å². The Balaban J connectivity index is 1.71. The number of hydrazone groups is 1. The average Bonchev–Trinajstić information content (AvgIpc) is 3.04. The van der Waals surface area contributed by atoms with Crippen molar-refractivity contribution in [2.24, 2.45) is 5.10 Å². The highest BCUT2D eigenvalue weighted by Crippen LogP contribution is 2.24. The van der Waals surface area contributed by atoms with E-state index in [0.717, 1.165) is 11.3 Å². The Bertz CT molecular complexity index is 879. The van der Waals surface area contributed by atoms with Crippen molar-refractivity contribution in [1.82, 2.24) is 4.98 Å². The van der Waals surface area contributed by atoms with Crippen LogP contribution in [0.25, 0.3) is 11.3 Å². The number of benzene rings is 2. The Labute approximate surface area is 137 Å². The number of aromatic nitrogens is 1. The summed E-state index contributed by atoms with van der Waals surface area (Å²) in [5, 5.41) is 6.68. The first-order chi connectivity index (χ1) is 11.2. The number of thiazole rings is 1. The summed E-state index contributed by atoms with van der Waals surface area (Å²) in [6.45, 7) is 0. The van der Waals surface area contributed by atoms with E-state index in [4.69, 9.17) is 6.42 Å². The first-order valence-electron chi connectivity index (χ1n) is 6.82. The second-order valence-corrected chi connectivity index (χ2v) is 5.55. The van der Waals surface area contributed by atoms with Crippen LogP contribution in [0.4, 0.5) is 9.52 Å². The van der Waals surface area contributed by atoms with Gasteiger partial charge in [0, 0.05) is 16.5 Å². The quantitative estimate of drug-likeness (QED) is 0.440. The molecule has 23 heavy (non-hydrogen) atoms. The topological polar surface area (TPSA) is 37.3 Å².